The fourth-order valence-corrected chi connectivity index (χ4v) is 0.666. The Kier molecular flexibility index (Phi) is 2.50. The van der Waals surface area contributed by atoms with E-state index in [1.54, 1.807) is 6.92 Å². The molecule has 1 rings (SSSR count). The Labute approximate surface area is 59.1 Å². The van der Waals surface area contributed by atoms with Crippen molar-refractivity contribution in [2.75, 3.05) is 19.8 Å². The summed E-state index contributed by atoms with van der Waals surface area (Å²) in [6, 6.07) is 0. The van der Waals surface area contributed by atoms with Gasteiger partial charge in [0.15, 0.2) is 0 Å². The van der Waals surface area contributed by atoms with Crippen LogP contribution in [0.3, 0.4) is 0 Å². The van der Waals surface area contributed by atoms with Crippen LogP contribution in [0.1, 0.15) is 6.92 Å². The summed E-state index contributed by atoms with van der Waals surface area (Å²) in [5.74, 6) is 0. The van der Waals surface area contributed by atoms with E-state index in [4.69, 9.17) is 9.47 Å². The first-order valence-corrected chi connectivity index (χ1v) is 3.20. The zero-order valence-electron chi connectivity index (χ0n) is 5.83. The van der Waals surface area contributed by atoms with Crippen molar-refractivity contribution in [3.05, 3.63) is 0 Å². The van der Waals surface area contributed by atoms with E-state index >= 15 is 0 Å². The molecule has 0 saturated carbocycles. The third-order valence-corrected chi connectivity index (χ3v) is 1.10. The summed E-state index contributed by atoms with van der Waals surface area (Å²) in [5, 5.41) is 0. The molecule has 0 radical (unpaired) electrons. The second-order valence-corrected chi connectivity index (χ2v) is 2.10. The summed E-state index contributed by atoms with van der Waals surface area (Å²) < 4.78 is 14.3. The average molecular weight is 146 g/mol. The van der Waals surface area contributed by atoms with E-state index in [1.165, 1.54) is 0 Å². The lowest BCUT2D eigenvalue weighted by Crippen LogP contribution is -2.26. The molecule has 0 spiro atoms. The lowest BCUT2D eigenvalue weighted by atomic mass is 10.4. The topological polar surface area (TPSA) is 44.8 Å². The zero-order chi connectivity index (χ0) is 7.40. The van der Waals surface area contributed by atoms with Crippen LogP contribution in [0.15, 0.2) is 0 Å². The van der Waals surface area contributed by atoms with Crippen LogP contribution in [-0.2, 0) is 14.2 Å². The summed E-state index contributed by atoms with van der Waals surface area (Å²) in [6.45, 7) is 2.95. The summed E-state index contributed by atoms with van der Waals surface area (Å²) in [6.07, 6.45) is -0.802. The second kappa shape index (κ2) is 3.41. The Morgan fingerprint density at radius 1 is 1.50 bits per heavy atom. The first-order chi connectivity index (χ1) is 4.79. The van der Waals surface area contributed by atoms with Crippen LogP contribution in [0, 0.1) is 0 Å². The van der Waals surface area contributed by atoms with Gasteiger partial charge in [0.1, 0.15) is 12.7 Å². The number of ether oxygens (including phenoxy) is 3. The maximum atomic E-state index is 10.5. The Balaban J connectivity index is 2.32. The Morgan fingerprint density at radius 3 is 3.10 bits per heavy atom. The van der Waals surface area contributed by atoms with Gasteiger partial charge in [-0.3, -0.25) is 0 Å². The molecule has 0 aliphatic carbocycles. The number of carbonyl (C=O) groups excluding carboxylic acids is 1. The molecule has 1 heterocycles. The number of hydrogen-bond acceptors (Lipinski definition) is 4. The van der Waals surface area contributed by atoms with Gasteiger partial charge < -0.3 is 14.2 Å². The summed E-state index contributed by atoms with van der Waals surface area (Å²) in [4.78, 5) is 10.5. The van der Waals surface area contributed by atoms with E-state index < -0.39 is 6.16 Å². The molecule has 1 aliphatic rings. The number of rotatable bonds is 0. The zero-order valence-corrected chi connectivity index (χ0v) is 5.83. The maximum absolute atomic E-state index is 10.5. The molecule has 0 N–H and O–H groups in total. The van der Waals surface area contributed by atoms with Crippen molar-refractivity contribution in [1.29, 1.82) is 0 Å². The molecular formula is C6H10O4. The van der Waals surface area contributed by atoms with Gasteiger partial charge in [-0.15, -0.1) is 0 Å². The van der Waals surface area contributed by atoms with Crippen LogP contribution >= 0.6 is 0 Å². The SMILES string of the molecule is CC1COCCOC(=O)O1. The van der Waals surface area contributed by atoms with Gasteiger partial charge in [-0.1, -0.05) is 0 Å². The normalized spacial score (nSPS) is 27.7. The molecule has 0 bridgehead atoms. The van der Waals surface area contributed by atoms with Gasteiger partial charge in [0.05, 0.1) is 13.2 Å². The Hall–Kier alpha value is -0.770. The first-order valence-electron chi connectivity index (χ1n) is 3.20. The van der Waals surface area contributed by atoms with Crippen molar-refractivity contribution >= 4 is 6.16 Å². The molecular weight excluding hydrogens is 136 g/mol. The second-order valence-electron chi connectivity index (χ2n) is 2.10. The fourth-order valence-electron chi connectivity index (χ4n) is 0.666. The van der Waals surface area contributed by atoms with Gasteiger partial charge in [0.2, 0.25) is 0 Å². The average Bonchev–Trinajstić information content (AvgIpc) is 1.83. The highest BCUT2D eigenvalue weighted by Crippen LogP contribution is 1.98. The summed E-state index contributed by atoms with van der Waals surface area (Å²) in [7, 11) is 0. The fraction of sp³-hybridized carbons (Fsp3) is 0.833. The molecule has 4 nitrogen and oxygen atoms in total. The Bertz CT molecular complexity index is 123. The molecule has 0 aromatic carbocycles. The molecule has 1 fully saturated rings. The quantitative estimate of drug-likeness (QED) is 0.468. The minimum Gasteiger partial charge on any atom is -0.432 e. The van der Waals surface area contributed by atoms with Crippen molar-refractivity contribution in [2.45, 2.75) is 13.0 Å². The van der Waals surface area contributed by atoms with E-state index in [-0.39, 0.29) is 12.7 Å². The van der Waals surface area contributed by atoms with Crippen molar-refractivity contribution < 1.29 is 19.0 Å². The molecule has 0 aromatic rings. The van der Waals surface area contributed by atoms with Gasteiger partial charge >= 0.3 is 6.16 Å². The molecule has 1 unspecified atom stereocenters. The summed E-state index contributed by atoms with van der Waals surface area (Å²) in [5.41, 5.74) is 0. The van der Waals surface area contributed by atoms with Crippen LogP contribution in [0.4, 0.5) is 4.79 Å². The highest BCUT2D eigenvalue weighted by molar-refractivity contribution is 5.60. The standard InChI is InChI=1S/C6H10O4/c1-5-4-8-2-3-9-6(7)10-5/h5H,2-4H2,1H3. The molecule has 58 valence electrons. The molecule has 0 aromatic heterocycles. The van der Waals surface area contributed by atoms with Gasteiger partial charge in [0, 0.05) is 0 Å². The van der Waals surface area contributed by atoms with E-state index in [9.17, 15) is 4.79 Å². The molecule has 1 aliphatic heterocycles. The third kappa shape index (κ3) is 2.23. The highest BCUT2D eigenvalue weighted by Gasteiger charge is 2.13. The van der Waals surface area contributed by atoms with Crippen LogP contribution in [0.2, 0.25) is 0 Å². The Morgan fingerprint density at radius 2 is 2.30 bits per heavy atom. The molecule has 0 amide bonds. The molecule has 10 heavy (non-hydrogen) atoms. The van der Waals surface area contributed by atoms with E-state index in [2.05, 4.69) is 4.74 Å². The third-order valence-electron chi connectivity index (χ3n) is 1.10. The van der Waals surface area contributed by atoms with Gasteiger partial charge in [-0.05, 0) is 6.92 Å². The molecule has 1 atom stereocenters. The van der Waals surface area contributed by atoms with Crippen LogP contribution in [0.5, 0.6) is 0 Å². The van der Waals surface area contributed by atoms with Gasteiger partial charge in [-0.2, -0.15) is 0 Å². The largest absolute Gasteiger partial charge is 0.508 e. The van der Waals surface area contributed by atoms with Crippen molar-refractivity contribution in [3.8, 4) is 0 Å². The van der Waals surface area contributed by atoms with Gasteiger partial charge in [0.25, 0.3) is 0 Å². The predicted octanol–water partition coefficient (Wildman–Crippen LogP) is 0.558. The molecule has 4 heteroatoms. The minimum absolute atomic E-state index is 0.201. The van der Waals surface area contributed by atoms with Crippen LogP contribution < -0.4 is 0 Å². The number of hydrogen-bond donors (Lipinski definition) is 0. The monoisotopic (exact) mass is 146 g/mol. The lowest BCUT2D eigenvalue weighted by Gasteiger charge is -2.16. The van der Waals surface area contributed by atoms with Crippen molar-refractivity contribution in [3.63, 3.8) is 0 Å². The summed E-state index contributed by atoms with van der Waals surface area (Å²) >= 11 is 0. The maximum Gasteiger partial charge on any atom is 0.508 e. The smallest absolute Gasteiger partial charge is 0.432 e. The lowest BCUT2D eigenvalue weighted by molar-refractivity contribution is -0.0485. The van der Waals surface area contributed by atoms with Crippen LogP contribution in [0.25, 0.3) is 0 Å². The van der Waals surface area contributed by atoms with Gasteiger partial charge in [-0.25, -0.2) is 4.79 Å². The number of carbonyl (C=O) groups is 1. The number of cyclic esters (lactones) is 2. The van der Waals surface area contributed by atoms with E-state index in [1.807, 2.05) is 0 Å². The first kappa shape index (κ1) is 7.34. The van der Waals surface area contributed by atoms with Crippen LogP contribution in [-0.4, -0.2) is 32.1 Å². The van der Waals surface area contributed by atoms with Crippen molar-refractivity contribution in [1.82, 2.24) is 0 Å². The highest BCUT2D eigenvalue weighted by atomic mass is 16.7. The van der Waals surface area contributed by atoms with E-state index in [0.29, 0.717) is 13.2 Å². The van der Waals surface area contributed by atoms with E-state index in [0.717, 1.165) is 0 Å². The molecule has 1 saturated heterocycles. The predicted molar refractivity (Wildman–Crippen MR) is 32.7 cm³/mol. The minimum atomic E-state index is -0.601. The van der Waals surface area contributed by atoms with Crippen molar-refractivity contribution in [2.24, 2.45) is 0 Å².